The quantitative estimate of drug-likeness (QED) is 0.624. The van der Waals surface area contributed by atoms with Crippen LogP contribution in [0.5, 0.6) is 0 Å². The highest BCUT2D eigenvalue weighted by Crippen LogP contribution is 2.28. The normalized spacial score (nSPS) is 12.4. The molecule has 1 N–H and O–H groups in total. The first-order valence-corrected chi connectivity index (χ1v) is 8.78. The summed E-state index contributed by atoms with van der Waals surface area (Å²) in [5.74, 6) is -1.90. The van der Waals surface area contributed by atoms with Gasteiger partial charge in [-0.05, 0) is 31.2 Å². The van der Waals surface area contributed by atoms with Crippen LogP contribution in [0.3, 0.4) is 0 Å². The lowest BCUT2D eigenvalue weighted by molar-refractivity contribution is -0.154. The van der Waals surface area contributed by atoms with Gasteiger partial charge < -0.3 is 14.5 Å². The van der Waals surface area contributed by atoms with E-state index < -0.39 is 27.0 Å². The maximum Gasteiger partial charge on any atom is 0.396 e. The molecule has 0 bridgehead atoms. The second kappa shape index (κ2) is 7.78. The summed E-state index contributed by atoms with van der Waals surface area (Å²) in [5.41, 5.74) is 0. The third-order valence-electron chi connectivity index (χ3n) is 3.22. The molecule has 1 aromatic heterocycles. The molecule has 1 amide bonds. The molecule has 0 saturated carbocycles. The second-order valence-corrected chi connectivity index (χ2v) is 6.92. The zero-order chi connectivity index (χ0) is 17.6. The molecule has 1 heterocycles. The minimum Gasteiger partial charge on any atom is -0.468 e. The summed E-state index contributed by atoms with van der Waals surface area (Å²) in [7, 11) is -3.82. The van der Waals surface area contributed by atoms with Crippen molar-refractivity contribution in [3.63, 3.8) is 0 Å². The summed E-state index contributed by atoms with van der Waals surface area (Å²) < 4.78 is 35.4. The van der Waals surface area contributed by atoms with Crippen LogP contribution in [-0.4, -0.2) is 33.4 Å². The van der Waals surface area contributed by atoms with Crippen molar-refractivity contribution in [1.82, 2.24) is 5.32 Å². The van der Waals surface area contributed by atoms with E-state index in [1.54, 1.807) is 31.2 Å². The van der Waals surface area contributed by atoms with E-state index in [4.69, 9.17) is 4.42 Å². The zero-order valence-corrected chi connectivity index (χ0v) is 13.8. The van der Waals surface area contributed by atoms with Crippen LogP contribution in [0.1, 0.15) is 17.9 Å². The SMILES string of the molecule is CCOC(=O)C(=O)NCC(c1ccco1)S(=O)(=O)c1ccccc1. The Kier molecular flexibility index (Phi) is 5.75. The van der Waals surface area contributed by atoms with Crippen LogP contribution in [0.15, 0.2) is 58.0 Å². The highest BCUT2D eigenvalue weighted by atomic mass is 32.2. The molecule has 1 atom stereocenters. The van der Waals surface area contributed by atoms with E-state index in [9.17, 15) is 18.0 Å². The van der Waals surface area contributed by atoms with E-state index in [0.29, 0.717) is 0 Å². The highest BCUT2D eigenvalue weighted by Gasteiger charge is 2.32. The van der Waals surface area contributed by atoms with Crippen LogP contribution in [0.4, 0.5) is 0 Å². The van der Waals surface area contributed by atoms with Crippen molar-refractivity contribution in [2.75, 3.05) is 13.2 Å². The molecule has 128 valence electrons. The number of furan rings is 1. The van der Waals surface area contributed by atoms with E-state index in [1.165, 1.54) is 24.5 Å². The molecule has 0 fully saturated rings. The molecule has 1 aromatic carbocycles. The smallest absolute Gasteiger partial charge is 0.396 e. The van der Waals surface area contributed by atoms with Gasteiger partial charge in [0.05, 0.1) is 17.8 Å². The summed E-state index contributed by atoms with van der Waals surface area (Å²) in [4.78, 5) is 23.1. The van der Waals surface area contributed by atoms with Crippen LogP contribution < -0.4 is 5.32 Å². The van der Waals surface area contributed by atoms with Crippen LogP contribution in [0.2, 0.25) is 0 Å². The number of sulfone groups is 1. The van der Waals surface area contributed by atoms with Gasteiger partial charge in [0.1, 0.15) is 11.0 Å². The molecule has 0 aliphatic carbocycles. The molecule has 2 aromatic rings. The van der Waals surface area contributed by atoms with E-state index in [-0.39, 0.29) is 23.8 Å². The fourth-order valence-corrected chi connectivity index (χ4v) is 3.67. The van der Waals surface area contributed by atoms with Crippen molar-refractivity contribution in [2.24, 2.45) is 0 Å². The van der Waals surface area contributed by atoms with Gasteiger partial charge in [-0.3, -0.25) is 4.79 Å². The number of carbonyl (C=O) groups is 2. The molecule has 0 saturated heterocycles. The monoisotopic (exact) mass is 351 g/mol. The molecule has 2 rings (SSSR count). The average Bonchev–Trinajstić information content (AvgIpc) is 3.10. The second-order valence-electron chi connectivity index (χ2n) is 4.79. The van der Waals surface area contributed by atoms with Gasteiger partial charge in [0.25, 0.3) is 0 Å². The predicted octanol–water partition coefficient (Wildman–Crippen LogP) is 1.47. The average molecular weight is 351 g/mol. The van der Waals surface area contributed by atoms with Crippen molar-refractivity contribution in [3.8, 4) is 0 Å². The van der Waals surface area contributed by atoms with Gasteiger partial charge in [-0.2, -0.15) is 0 Å². The number of nitrogens with one attached hydrogen (secondary N) is 1. The number of hydrogen-bond donors (Lipinski definition) is 1. The summed E-state index contributed by atoms with van der Waals surface area (Å²) >= 11 is 0. The molecular formula is C16H17NO6S. The molecule has 7 nitrogen and oxygen atoms in total. The highest BCUT2D eigenvalue weighted by molar-refractivity contribution is 7.91. The van der Waals surface area contributed by atoms with Gasteiger partial charge >= 0.3 is 11.9 Å². The fourth-order valence-electron chi connectivity index (χ4n) is 2.07. The molecular weight excluding hydrogens is 334 g/mol. The summed E-state index contributed by atoms with van der Waals surface area (Å²) in [6.07, 6.45) is 1.34. The Morgan fingerprint density at radius 3 is 2.46 bits per heavy atom. The minimum atomic E-state index is -3.82. The summed E-state index contributed by atoms with van der Waals surface area (Å²) in [6, 6.07) is 10.9. The standard InChI is InChI=1S/C16H17NO6S/c1-2-22-16(19)15(18)17-11-14(13-9-6-10-23-13)24(20,21)12-7-4-3-5-8-12/h3-10,14H,2,11H2,1H3,(H,17,18). The lowest BCUT2D eigenvalue weighted by Crippen LogP contribution is -2.37. The minimum absolute atomic E-state index is 0.0518. The van der Waals surface area contributed by atoms with Gasteiger partial charge in [0.15, 0.2) is 9.84 Å². The van der Waals surface area contributed by atoms with E-state index in [1.807, 2.05) is 0 Å². The van der Waals surface area contributed by atoms with E-state index in [2.05, 4.69) is 10.1 Å². The fraction of sp³-hybridized carbons (Fsp3) is 0.250. The molecule has 0 spiro atoms. The van der Waals surface area contributed by atoms with Gasteiger partial charge in [-0.15, -0.1) is 0 Å². The van der Waals surface area contributed by atoms with E-state index in [0.717, 1.165) is 0 Å². The third kappa shape index (κ3) is 4.02. The van der Waals surface area contributed by atoms with Crippen molar-refractivity contribution in [1.29, 1.82) is 0 Å². The Bertz CT molecular complexity index is 783. The first-order valence-electron chi connectivity index (χ1n) is 7.24. The van der Waals surface area contributed by atoms with Crippen molar-refractivity contribution in [3.05, 3.63) is 54.5 Å². The number of amides is 1. The Morgan fingerprint density at radius 2 is 1.88 bits per heavy atom. The molecule has 1 unspecified atom stereocenters. The van der Waals surface area contributed by atoms with Crippen LogP contribution in [-0.2, 0) is 24.2 Å². The molecule has 0 aliphatic heterocycles. The number of rotatable bonds is 6. The lowest BCUT2D eigenvalue weighted by atomic mass is 10.3. The van der Waals surface area contributed by atoms with Gasteiger partial charge in [0, 0.05) is 6.54 Å². The Hall–Kier alpha value is -2.61. The van der Waals surface area contributed by atoms with Gasteiger partial charge in [0.2, 0.25) is 0 Å². The van der Waals surface area contributed by atoms with Crippen LogP contribution in [0, 0.1) is 0 Å². The van der Waals surface area contributed by atoms with Crippen LogP contribution in [0.25, 0.3) is 0 Å². The largest absolute Gasteiger partial charge is 0.468 e. The first kappa shape index (κ1) is 17.7. The Morgan fingerprint density at radius 1 is 1.17 bits per heavy atom. The topological polar surface area (TPSA) is 103 Å². The predicted molar refractivity (Wildman–Crippen MR) is 84.7 cm³/mol. The van der Waals surface area contributed by atoms with Crippen molar-refractivity contribution < 1.29 is 27.2 Å². The maximum absolute atomic E-state index is 12.8. The number of hydrogen-bond acceptors (Lipinski definition) is 6. The number of benzene rings is 1. The van der Waals surface area contributed by atoms with Crippen LogP contribution >= 0.6 is 0 Å². The number of esters is 1. The van der Waals surface area contributed by atoms with Crippen molar-refractivity contribution in [2.45, 2.75) is 17.1 Å². The number of ether oxygens (including phenoxy) is 1. The molecule has 8 heteroatoms. The van der Waals surface area contributed by atoms with E-state index >= 15 is 0 Å². The zero-order valence-electron chi connectivity index (χ0n) is 13.0. The van der Waals surface area contributed by atoms with Crippen molar-refractivity contribution >= 4 is 21.7 Å². The Labute approximate surface area is 139 Å². The lowest BCUT2D eigenvalue weighted by Gasteiger charge is -2.16. The van der Waals surface area contributed by atoms with Gasteiger partial charge in [-0.1, -0.05) is 18.2 Å². The number of carbonyl (C=O) groups excluding carboxylic acids is 2. The Balaban J connectivity index is 2.24. The maximum atomic E-state index is 12.8. The summed E-state index contributed by atoms with van der Waals surface area (Å²) in [5, 5.41) is 1.12. The molecule has 0 aliphatic rings. The third-order valence-corrected chi connectivity index (χ3v) is 5.29. The summed E-state index contributed by atoms with van der Waals surface area (Å²) in [6.45, 7) is 1.30. The molecule has 24 heavy (non-hydrogen) atoms. The molecule has 0 radical (unpaired) electrons. The first-order chi connectivity index (χ1) is 11.5. The van der Waals surface area contributed by atoms with Gasteiger partial charge in [-0.25, -0.2) is 13.2 Å².